The van der Waals surface area contributed by atoms with Gasteiger partial charge in [-0.2, -0.15) is 0 Å². The van der Waals surface area contributed by atoms with Crippen molar-refractivity contribution in [3.8, 4) is 0 Å². The molecule has 5 heteroatoms. The minimum Gasteiger partial charge on any atom is -0.378 e. The smallest absolute Gasteiger partial charge is 0.0782 e. The third kappa shape index (κ3) is 3.48. The first-order valence-corrected chi connectivity index (χ1v) is 7.86. The lowest BCUT2D eigenvalue weighted by Gasteiger charge is -2.19. The van der Waals surface area contributed by atoms with Gasteiger partial charge >= 0.3 is 0 Å². The molecule has 2 aromatic rings. The van der Waals surface area contributed by atoms with E-state index in [0.29, 0.717) is 15.1 Å². The number of hydrogen-bond acceptors (Lipinski definition) is 1. The van der Waals surface area contributed by atoms with Gasteiger partial charge < -0.3 is 5.32 Å². The number of rotatable bonds is 3. The predicted octanol–water partition coefficient (Wildman–Crippen LogP) is 6.42. The molecule has 0 fully saturated rings. The van der Waals surface area contributed by atoms with Crippen molar-refractivity contribution in [1.29, 1.82) is 0 Å². The van der Waals surface area contributed by atoms with Gasteiger partial charge in [0.2, 0.25) is 0 Å². The number of benzene rings is 2. The molecule has 100 valence electrons. The van der Waals surface area contributed by atoms with E-state index in [1.807, 2.05) is 37.3 Å². The van der Waals surface area contributed by atoms with Gasteiger partial charge in [-0.25, -0.2) is 0 Å². The second-order valence-electron chi connectivity index (χ2n) is 4.11. The highest BCUT2D eigenvalue weighted by Crippen LogP contribution is 2.36. The normalized spacial score (nSPS) is 12.3. The van der Waals surface area contributed by atoms with E-state index in [2.05, 4.69) is 27.9 Å². The molecule has 0 aliphatic heterocycles. The van der Waals surface area contributed by atoms with Crippen molar-refractivity contribution in [2.45, 2.75) is 13.0 Å². The van der Waals surface area contributed by atoms with Crippen LogP contribution in [0, 0.1) is 3.57 Å². The van der Waals surface area contributed by atoms with Crippen molar-refractivity contribution in [2.24, 2.45) is 0 Å². The lowest BCUT2D eigenvalue weighted by Crippen LogP contribution is -2.08. The maximum Gasteiger partial charge on any atom is 0.0782 e. The molecule has 0 heterocycles. The molecule has 0 radical (unpaired) electrons. The molecule has 0 bridgehead atoms. The zero-order valence-electron chi connectivity index (χ0n) is 10.1. The average Bonchev–Trinajstić information content (AvgIpc) is 2.39. The number of halogens is 4. The van der Waals surface area contributed by atoms with Gasteiger partial charge in [-0.05, 0) is 53.3 Å². The molecule has 0 spiro atoms. The first-order valence-electron chi connectivity index (χ1n) is 5.65. The van der Waals surface area contributed by atoms with Crippen molar-refractivity contribution >= 4 is 63.1 Å². The van der Waals surface area contributed by atoms with E-state index in [1.165, 1.54) is 0 Å². The van der Waals surface area contributed by atoms with E-state index in [4.69, 9.17) is 34.8 Å². The van der Waals surface area contributed by atoms with E-state index < -0.39 is 0 Å². The van der Waals surface area contributed by atoms with E-state index >= 15 is 0 Å². The number of nitrogens with one attached hydrogen (secondary N) is 1. The largest absolute Gasteiger partial charge is 0.378 e. The fourth-order valence-corrected chi connectivity index (χ4v) is 3.01. The summed E-state index contributed by atoms with van der Waals surface area (Å²) in [4.78, 5) is 0. The van der Waals surface area contributed by atoms with Gasteiger partial charge in [0.15, 0.2) is 0 Å². The molecule has 19 heavy (non-hydrogen) atoms. The molecule has 0 amide bonds. The Morgan fingerprint density at radius 2 is 1.68 bits per heavy atom. The molecule has 0 saturated carbocycles. The Kier molecular flexibility index (Phi) is 5.23. The van der Waals surface area contributed by atoms with Crippen molar-refractivity contribution in [1.82, 2.24) is 0 Å². The second kappa shape index (κ2) is 6.53. The summed E-state index contributed by atoms with van der Waals surface area (Å²) in [5.41, 5.74) is 1.99. The molecule has 1 unspecified atom stereocenters. The third-order valence-corrected chi connectivity index (χ3v) is 5.03. The molecule has 1 atom stereocenters. The lowest BCUT2D eigenvalue weighted by atomic mass is 10.1. The average molecular weight is 427 g/mol. The summed E-state index contributed by atoms with van der Waals surface area (Å²) in [6.07, 6.45) is 0. The second-order valence-corrected chi connectivity index (χ2v) is 6.44. The first-order chi connectivity index (χ1) is 9.00. The summed E-state index contributed by atoms with van der Waals surface area (Å²) < 4.78 is 1.16. The maximum atomic E-state index is 6.24. The molecule has 1 N–H and O–H groups in total. The van der Waals surface area contributed by atoms with Crippen molar-refractivity contribution in [3.63, 3.8) is 0 Å². The van der Waals surface area contributed by atoms with Crippen LogP contribution in [0.3, 0.4) is 0 Å². The fourth-order valence-electron chi connectivity index (χ4n) is 1.76. The van der Waals surface area contributed by atoms with Crippen LogP contribution < -0.4 is 5.32 Å². The predicted molar refractivity (Wildman–Crippen MR) is 92.7 cm³/mol. The molecular formula is C14H11Cl3IN. The highest BCUT2D eigenvalue weighted by molar-refractivity contribution is 14.1. The molecule has 2 aromatic carbocycles. The van der Waals surface area contributed by atoms with Crippen LogP contribution in [0.5, 0.6) is 0 Å². The molecule has 0 aliphatic rings. The van der Waals surface area contributed by atoms with E-state index in [-0.39, 0.29) is 6.04 Å². The molecular weight excluding hydrogens is 415 g/mol. The van der Waals surface area contributed by atoms with Crippen molar-refractivity contribution in [3.05, 3.63) is 60.6 Å². The Balaban J connectivity index is 2.28. The Bertz CT molecular complexity index is 601. The van der Waals surface area contributed by atoms with Gasteiger partial charge in [0.05, 0.1) is 21.1 Å². The Morgan fingerprint density at radius 1 is 1.00 bits per heavy atom. The standard InChI is InChI=1S/C14H11Cl3IN/c1-8(19-12-5-3-2-4-11(12)18)9-6-7-10(15)14(17)13(9)16/h2-8,19H,1H3. The Labute approximate surface area is 141 Å². The van der Waals surface area contributed by atoms with Crippen LogP contribution in [0.4, 0.5) is 5.69 Å². The summed E-state index contributed by atoms with van der Waals surface area (Å²) in [5.74, 6) is 0. The van der Waals surface area contributed by atoms with Gasteiger partial charge in [0.1, 0.15) is 0 Å². The zero-order valence-corrected chi connectivity index (χ0v) is 14.5. The summed E-state index contributed by atoms with van der Waals surface area (Å²) >= 11 is 20.5. The summed E-state index contributed by atoms with van der Waals surface area (Å²) in [6.45, 7) is 2.04. The van der Waals surface area contributed by atoms with Crippen LogP contribution >= 0.6 is 57.4 Å². The van der Waals surface area contributed by atoms with Crippen LogP contribution in [0.25, 0.3) is 0 Å². The van der Waals surface area contributed by atoms with Crippen LogP contribution in [0.2, 0.25) is 15.1 Å². The monoisotopic (exact) mass is 425 g/mol. The molecule has 0 aliphatic carbocycles. The Hall–Kier alpha value is -0.160. The third-order valence-electron chi connectivity index (χ3n) is 2.78. The van der Waals surface area contributed by atoms with Gasteiger partial charge in [-0.15, -0.1) is 0 Å². The van der Waals surface area contributed by atoms with Crippen LogP contribution in [-0.2, 0) is 0 Å². The lowest BCUT2D eigenvalue weighted by molar-refractivity contribution is 0.884. The highest BCUT2D eigenvalue weighted by atomic mass is 127. The fraction of sp³-hybridized carbons (Fsp3) is 0.143. The van der Waals surface area contributed by atoms with Crippen LogP contribution in [-0.4, -0.2) is 0 Å². The summed E-state index contributed by atoms with van der Waals surface area (Å²) in [5, 5.41) is 4.79. The summed E-state index contributed by atoms with van der Waals surface area (Å²) in [7, 11) is 0. The van der Waals surface area contributed by atoms with Crippen molar-refractivity contribution in [2.75, 3.05) is 5.32 Å². The Morgan fingerprint density at radius 3 is 2.37 bits per heavy atom. The van der Waals surface area contributed by atoms with Crippen LogP contribution in [0.15, 0.2) is 36.4 Å². The quantitative estimate of drug-likeness (QED) is 0.441. The molecule has 1 nitrogen and oxygen atoms in total. The van der Waals surface area contributed by atoms with Gasteiger partial charge in [-0.1, -0.05) is 53.0 Å². The topological polar surface area (TPSA) is 12.0 Å². The van der Waals surface area contributed by atoms with Gasteiger partial charge in [0.25, 0.3) is 0 Å². The number of hydrogen-bond donors (Lipinski definition) is 1. The summed E-state index contributed by atoms with van der Waals surface area (Å²) in [6, 6.07) is 11.8. The molecule has 0 saturated heterocycles. The SMILES string of the molecule is CC(Nc1ccccc1I)c1ccc(Cl)c(Cl)c1Cl. The highest BCUT2D eigenvalue weighted by Gasteiger charge is 2.14. The minimum atomic E-state index is 0.0400. The number of para-hydroxylation sites is 1. The first kappa shape index (κ1) is 15.2. The van der Waals surface area contributed by atoms with E-state index in [1.54, 1.807) is 6.07 Å². The minimum absolute atomic E-state index is 0.0400. The van der Waals surface area contributed by atoms with E-state index in [9.17, 15) is 0 Å². The molecule has 0 aromatic heterocycles. The maximum absolute atomic E-state index is 6.24. The number of anilines is 1. The van der Waals surface area contributed by atoms with E-state index in [0.717, 1.165) is 14.8 Å². The van der Waals surface area contributed by atoms with Gasteiger partial charge in [-0.3, -0.25) is 0 Å². The zero-order chi connectivity index (χ0) is 14.0. The van der Waals surface area contributed by atoms with Crippen molar-refractivity contribution < 1.29 is 0 Å². The van der Waals surface area contributed by atoms with Gasteiger partial charge in [0, 0.05) is 9.26 Å². The van der Waals surface area contributed by atoms with Crippen LogP contribution in [0.1, 0.15) is 18.5 Å². The molecule has 2 rings (SSSR count).